The summed E-state index contributed by atoms with van der Waals surface area (Å²) >= 11 is 1.55. The summed E-state index contributed by atoms with van der Waals surface area (Å²) in [6.45, 7) is 2.23. The molecular weight excluding hydrogens is 296 g/mol. The number of carbonyl (C=O) groups is 2. The third-order valence-corrected chi connectivity index (χ3v) is 6.13. The molecule has 0 bridgehead atoms. The molecule has 120 valence electrons. The van der Waals surface area contributed by atoms with Crippen molar-refractivity contribution in [2.75, 3.05) is 5.32 Å². The SMILES string of the molecule is C[C@H]1CCc2c(sc(NC(=O)CC3CCCC3)c2C(N)=O)C1. The number of nitrogens with two attached hydrogens (primary N) is 1. The Morgan fingerprint density at radius 1 is 1.27 bits per heavy atom. The van der Waals surface area contributed by atoms with Gasteiger partial charge in [0, 0.05) is 11.3 Å². The number of anilines is 1. The molecular formula is C17H24N2O2S. The van der Waals surface area contributed by atoms with Crippen molar-refractivity contribution in [3.8, 4) is 0 Å². The van der Waals surface area contributed by atoms with Crippen molar-refractivity contribution in [2.45, 2.75) is 58.3 Å². The molecule has 0 aromatic carbocycles. The van der Waals surface area contributed by atoms with Crippen molar-refractivity contribution in [1.82, 2.24) is 0 Å². The van der Waals surface area contributed by atoms with Crippen LogP contribution < -0.4 is 11.1 Å². The summed E-state index contributed by atoms with van der Waals surface area (Å²) in [5, 5.41) is 3.65. The summed E-state index contributed by atoms with van der Waals surface area (Å²) in [7, 11) is 0. The Kier molecular flexibility index (Phi) is 4.52. The van der Waals surface area contributed by atoms with Gasteiger partial charge in [-0.3, -0.25) is 9.59 Å². The highest BCUT2D eigenvalue weighted by atomic mass is 32.1. The maximum absolute atomic E-state index is 12.3. The minimum absolute atomic E-state index is 0.0287. The van der Waals surface area contributed by atoms with Crippen LogP contribution >= 0.6 is 11.3 Å². The predicted octanol–water partition coefficient (Wildman–Crippen LogP) is 3.49. The van der Waals surface area contributed by atoms with E-state index in [-0.39, 0.29) is 5.91 Å². The van der Waals surface area contributed by atoms with E-state index in [1.165, 1.54) is 17.7 Å². The molecule has 0 saturated heterocycles. The number of hydrogen-bond donors (Lipinski definition) is 2. The van der Waals surface area contributed by atoms with Crippen LogP contribution in [0.15, 0.2) is 0 Å². The van der Waals surface area contributed by atoms with Crippen LogP contribution in [0.5, 0.6) is 0 Å². The summed E-state index contributed by atoms with van der Waals surface area (Å²) in [5.74, 6) is 0.754. The molecule has 1 atom stereocenters. The number of fused-ring (bicyclic) bond motifs is 1. The second-order valence-electron chi connectivity index (χ2n) is 6.82. The van der Waals surface area contributed by atoms with Crippen LogP contribution in [0.1, 0.15) is 66.2 Å². The van der Waals surface area contributed by atoms with Crippen molar-refractivity contribution < 1.29 is 9.59 Å². The van der Waals surface area contributed by atoms with Crippen molar-refractivity contribution >= 4 is 28.2 Å². The van der Waals surface area contributed by atoms with Gasteiger partial charge in [0.05, 0.1) is 5.56 Å². The number of rotatable bonds is 4. The van der Waals surface area contributed by atoms with Crippen LogP contribution in [0.3, 0.4) is 0 Å². The topological polar surface area (TPSA) is 72.2 Å². The molecule has 1 heterocycles. The van der Waals surface area contributed by atoms with E-state index in [0.29, 0.717) is 28.8 Å². The van der Waals surface area contributed by atoms with E-state index in [1.807, 2.05) is 0 Å². The Morgan fingerprint density at radius 2 is 2.00 bits per heavy atom. The third-order valence-electron chi connectivity index (χ3n) is 4.96. The van der Waals surface area contributed by atoms with E-state index in [1.54, 1.807) is 11.3 Å². The maximum Gasteiger partial charge on any atom is 0.251 e. The number of primary amides is 1. The van der Waals surface area contributed by atoms with Gasteiger partial charge in [-0.15, -0.1) is 11.3 Å². The molecule has 1 saturated carbocycles. The zero-order chi connectivity index (χ0) is 15.7. The molecule has 1 aromatic heterocycles. The van der Waals surface area contributed by atoms with Gasteiger partial charge in [-0.1, -0.05) is 19.8 Å². The Hall–Kier alpha value is -1.36. The lowest BCUT2D eigenvalue weighted by molar-refractivity contribution is -0.117. The van der Waals surface area contributed by atoms with Gasteiger partial charge in [0.25, 0.3) is 5.91 Å². The second kappa shape index (κ2) is 6.41. The number of hydrogen-bond acceptors (Lipinski definition) is 3. The number of amides is 2. The van der Waals surface area contributed by atoms with Gasteiger partial charge in [-0.05, 0) is 49.5 Å². The van der Waals surface area contributed by atoms with E-state index in [0.717, 1.165) is 37.7 Å². The first-order valence-corrected chi connectivity index (χ1v) is 9.10. The van der Waals surface area contributed by atoms with E-state index < -0.39 is 5.91 Å². The van der Waals surface area contributed by atoms with Crippen molar-refractivity contribution in [3.05, 3.63) is 16.0 Å². The monoisotopic (exact) mass is 320 g/mol. The zero-order valence-electron chi connectivity index (χ0n) is 13.1. The predicted molar refractivity (Wildman–Crippen MR) is 89.2 cm³/mol. The summed E-state index contributed by atoms with van der Waals surface area (Å²) in [4.78, 5) is 25.3. The molecule has 0 spiro atoms. The second-order valence-corrected chi connectivity index (χ2v) is 7.93. The Morgan fingerprint density at radius 3 is 2.68 bits per heavy atom. The molecule has 1 fully saturated rings. The number of thiophene rings is 1. The van der Waals surface area contributed by atoms with Gasteiger partial charge < -0.3 is 11.1 Å². The molecule has 0 radical (unpaired) electrons. The molecule has 2 aliphatic rings. The van der Waals surface area contributed by atoms with Crippen LogP contribution in [-0.2, 0) is 17.6 Å². The highest BCUT2D eigenvalue weighted by molar-refractivity contribution is 7.17. The van der Waals surface area contributed by atoms with Crippen LogP contribution in [-0.4, -0.2) is 11.8 Å². The molecule has 22 heavy (non-hydrogen) atoms. The molecule has 4 nitrogen and oxygen atoms in total. The van der Waals surface area contributed by atoms with Crippen LogP contribution in [0.25, 0.3) is 0 Å². The highest BCUT2D eigenvalue weighted by Gasteiger charge is 2.27. The minimum Gasteiger partial charge on any atom is -0.365 e. The van der Waals surface area contributed by atoms with E-state index in [4.69, 9.17) is 5.73 Å². The first kappa shape index (κ1) is 15.5. The van der Waals surface area contributed by atoms with Crippen molar-refractivity contribution in [1.29, 1.82) is 0 Å². The molecule has 2 aliphatic carbocycles. The number of carbonyl (C=O) groups excluding carboxylic acids is 2. The summed E-state index contributed by atoms with van der Waals surface area (Å²) in [6, 6.07) is 0. The quantitative estimate of drug-likeness (QED) is 0.891. The first-order chi connectivity index (χ1) is 10.5. The van der Waals surface area contributed by atoms with Gasteiger partial charge in [0.2, 0.25) is 5.91 Å². The molecule has 3 rings (SSSR count). The summed E-state index contributed by atoms with van der Waals surface area (Å²) in [6.07, 6.45) is 8.29. The fraction of sp³-hybridized carbons (Fsp3) is 0.647. The minimum atomic E-state index is -0.414. The average molecular weight is 320 g/mol. The maximum atomic E-state index is 12.3. The van der Waals surface area contributed by atoms with Gasteiger partial charge in [0.15, 0.2) is 0 Å². The van der Waals surface area contributed by atoms with Crippen LogP contribution in [0.2, 0.25) is 0 Å². The van der Waals surface area contributed by atoms with Crippen LogP contribution in [0.4, 0.5) is 5.00 Å². The Balaban J connectivity index is 1.77. The van der Waals surface area contributed by atoms with Crippen LogP contribution in [0, 0.1) is 11.8 Å². The van der Waals surface area contributed by atoms with Crippen molar-refractivity contribution in [3.63, 3.8) is 0 Å². The number of nitrogens with one attached hydrogen (secondary N) is 1. The zero-order valence-corrected chi connectivity index (χ0v) is 13.9. The van der Waals surface area contributed by atoms with E-state index >= 15 is 0 Å². The average Bonchev–Trinajstić information content (AvgIpc) is 3.04. The summed E-state index contributed by atoms with van der Waals surface area (Å²) in [5.41, 5.74) is 7.21. The normalized spacial score (nSPS) is 21.6. The largest absolute Gasteiger partial charge is 0.365 e. The molecule has 0 aliphatic heterocycles. The van der Waals surface area contributed by atoms with Gasteiger partial charge in [-0.2, -0.15) is 0 Å². The van der Waals surface area contributed by atoms with Crippen molar-refractivity contribution in [2.24, 2.45) is 17.6 Å². The van der Waals surface area contributed by atoms with Gasteiger partial charge in [0.1, 0.15) is 5.00 Å². The first-order valence-electron chi connectivity index (χ1n) is 8.28. The molecule has 1 aromatic rings. The Labute approximate surface area is 135 Å². The third kappa shape index (κ3) is 3.19. The van der Waals surface area contributed by atoms with E-state index in [2.05, 4.69) is 12.2 Å². The fourth-order valence-electron chi connectivity index (χ4n) is 3.75. The molecule has 2 amide bonds. The smallest absolute Gasteiger partial charge is 0.251 e. The van der Waals surface area contributed by atoms with Gasteiger partial charge >= 0.3 is 0 Å². The summed E-state index contributed by atoms with van der Waals surface area (Å²) < 4.78 is 0. The fourth-order valence-corrected chi connectivity index (χ4v) is 5.19. The lowest BCUT2D eigenvalue weighted by atomic mass is 9.88. The Bertz CT molecular complexity index is 588. The molecule has 5 heteroatoms. The lowest BCUT2D eigenvalue weighted by Crippen LogP contribution is -2.20. The lowest BCUT2D eigenvalue weighted by Gasteiger charge is -2.18. The molecule has 0 unspecified atom stereocenters. The standard InChI is InChI=1S/C17H24N2O2S/c1-10-6-7-12-13(8-10)22-17(15(12)16(18)21)19-14(20)9-11-4-2-3-5-11/h10-11H,2-9H2,1H3,(H2,18,21)(H,19,20)/t10-/m0/s1. The molecule has 3 N–H and O–H groups in total. The van der Waals surface area contributed by atoms with Gasteiger partial charge in [-0.25, -0.2) is 0 Å². The highest BCUT2D eigenvalue weighted by Crippen LogP contribution is 2.39. The van der Waals surface area contributed by atoms with E-state index in [9.17, 15) is 9.59 Å².